The van der Waals surface area contributed by atoms with Gasteiger partial charge in [-0.1, -0.05) is 0 Å². The van der Waals surface area contributed by atoms with E-state index in [1.165, 1.54) is 0 Å². The molecule has 0 fully saturated rings. The molecule has 48 valence electrons. The second-order valence-corrected chi connectivity index (χ2v) is 1.52. The van der Waals surface area contributed by atoms with Crippen molar-refractivity contribution < 1.29 is 9.90 Å². The summed E-state index contributed by atoms with van der Waals surface area (Å²) in [4.78, 5) is 10.1. The summed E-state index contributed by atoms with van der Waals surface area (Å²) >= 11 is 0. The first-order valence-corrected chi connectivity index (χ1v) is 2.34. The molecule has 0 aromatic heterocycles. The summed E-state index contributed by atoms with van der Waals surface area (Å²) in [6, 6.07) is -0.694. The quantitative estimate of drug-likeness (QED) is 0.407. The normalized spacial score (nSPS) is 13.2. The molecule has 4 nitrogen and oxygen atoms in total. The summed E-state index contributed by atoms with van der Waals surface area (Å²) < 4.78 is 0. The fourth-order valence-corrected chi connectivity index (χ4v) is 0.281. The molecule has 0 unspecified atom stereocenters. The standard InChI is InChI=1S/C4H10N2O2/c5-3(1-2-7)4(6)8/h3,7H,1-2,5H2,(H2,6,8)/t3-/m1/s1. The van der Waals surface area contributed by atoms with E-state index in [0.717, 1.165) is 0 Å². The third kappa shape index (κ3) is 2.54. The van der Waals surface area contributed by atoms with Crippen LogP contribution in [0.25, 0.3) is 0 Å². The van der Waals surface area contributed by atoms with Crippen molar-refractivity contribution in [3.05, 3.63) is 0 Å². The number of nitrogens with two attached hydrogens (primary N) is 2. The molecule has 8 heavy (non-hydrogen) atoms. The van der Waals surface area contributed by atoms with E-state index >= 15 is 0 Å². The number of aliphatic hydroxyl groups is 1. The molecule has 0 aliphatic rings. The molecule has 0 bridgehead atoms. The Hall–Kier alpha value is -0.610. The molecule has 1 amide bonds. The summed E-state index contributed by atoms with van der Waals surface area (Å²) in [5.74, 6) is -0.570. The monoisotopic (exact) mass is 118 g/mol. The van der Waals surface area contributed by atoms with E-state index in [9.17, 15) is 4.79 Å². The Morgan fingerprint density at radius 2 is 2.25 bits per heavy atom. The molecule has 0 heterocycles. The van der Waals surface area contributed by atoms with Gasteiger partial charge >= 0.3 is 0 Å². The molecule has 4 heteroatoms. The molecule has 0 aromatic rings. The van der Waals surface area contributed by atoms with Gasteiger partial charge in [0.2, 0.25) is 5.91 Å². The topological polar surface area (TPSA) is 89.3 Å². The van der Waals surface area contributed by atoms with Crippen LogP contribution in [0.1, 0.15) is 6.42 Å². The SMILES string of the molecule is NC(=O)[C@H](N)CCO. The Morgan fingerprint density at radius 1 is 1.75 bits per heavy atom. The average molecular weight is 118 g/mol. The zero-order chi connectivity index (χ0) is 6.57. The lowest BCUT2D eigenvalue weighted by Crippen LogP contribution is -2.36. The molecule has 0 aliphatic carbocycles. The molecule has 0 rings (SSSR count). The fourth-order valence-electron chi connectivity index (χ4n) is 0.281. The van der Waals surface area contributed by atoms with Crippen molar-refractivity contribution >= 4 is 5.91 Å². The lowest BCUT2D eigenvalue weighted by molar-refractivity contribution is -0.119. The Balaban J connectivity index is 3.32. The van der Waals surface area contributed by atoms with Gasteiger partial charge in [-0.3, -0.25) is 4.79 Å². The van der Waals surface area contributed by atoms with Gasteiger partial charge in [-0.2, -0.15) is 0 Å². The zero-order valence-corrected chi connectivity index (χ0v) is 4.50. The van der Waals surface area contributed by atoms with Crippen LogP contribution in [-0.2, 0) is 4.79 Å². The van der Waals surface area contributed by atoms with Crippen molar-refractivity contribution in [2.45, 2.75) is 12.5 Å². The van der Waals surface area contributed by atoms with E-state index in [2.05, 4.69) is 0 Å². The first-order valence-electron chi connectivity index (χ1n) is 2.34. The summed E-state index contributed by atoms with van der Waals surface area (Å²) in [5, 5.41) is 8.20. The number of primary amides is 1. The van der Waals surface area contributed by atoms with Gasteiger partial charge in [0, 0.05) is 6.61 Å². The maximum Gasteiger partial charge on any atom is 0.234 e. The van der Waals surface area contributed by atoms with Crippen LogP contribution in [0, 0.1) is 0 Å². The van der Waals surface area contributed by atoms with E-state index in [-0.39, 0.29) is 13.0 Å². The van der Waals surface area contributed by atoms with Crippen LogP contribution in [0.2, 0.25) is 0 Å². The van der Waals surface area contributed by atoms with E-state index in [1.54, 1.807) is 0 Å². The van der Waals surface area contributed by atoms with Gasteiger partial charge < -0.3 is 16.6 Å². The van der Waals surface area contributed by atoms with Crippen LogP contribution in [0.4, 0.5) is 0 Å². The predicted octanol–water partition coefficient (Wildman–Crippen LogP) is -1.82. The summed E-state index contributed by atoms with van der Waals surface area (Å²) in [6.07, 6.45) is 0.245. The lowest BCUT2D eigenvalue weighted by atomic mass is 10.2. The van der Waals surface area contributed by atoms with Crippen LogP contribution in [-0.4, -0.2) is 23.7 Å². The lowest BCUT2D eigenvalue weighted by Gasteiger charge is -2.01. The highest BCUT2D eigenvalue weighted by molar-refractivity contribution is 5.79. The zero-order valence-electron chi connectivity index (χ0n) is 4.50. The number of hydrogen-bond acceptors (Lipinski definition) is 3. The molecule has 5 N–H and O–H groups in total. The van der Waals surface area contributed by atoms with Crippen molar-refractivity contribution in [2.24, 2.45) is 11.5 Å². The highest BCUT2D eigenvalue weighted by Gasteiger charge is 2.05. The Morgan fingerprint density at radius 3 is 2.38 bits per heavy atom. The van der Waals surface area contributed by atoms with Crippen LogP contribution in [0.3, 0.4) is 0 Å². The Bertz CT molecular complexity index is 84.1. The average Bonchev–Trinajstić information content (AvgIpc) is 1.67. The largest absolute Gasteiger partial charge is 0.396 e. The Labute approximate surface area is 47.5 Å². The number of hydrogen-bond donors (Lipinski definition) is 3. The molecule has 0 aliphatic heterocycles. The first-order chi connectivity index (χ1) is 3.68. The van der Waals surface area contributed by atoms with Crippen LogP contribution >= 0.6 is 0 Å². The van der Waals surface area contributed by atoms with Crippen molar-refractivity contribution in [3.8, 4) is 0 Å². The smallest absolute Gasteiger partial charge is 0.234 e. The van der Waals surface area contributed by atoms with E-state index < -0.39 is 11.9 Å². The van der Waals surface area contributed by atoms with Crippen molar-refractivity contribution in [1.29, 1.82) is 0 Å². The first kappa shape index (κ1) is 7.39. The maximum absolute atomic E-state index is 10.1. The van der Waals surface area contributed by atoms with Gasteiger partial charge in [-0.15, -0.1) is 0 Å². The van der Waals surface area contributed by atoms with Crippen LogP contribution in [0.15, 0.2) is 0 Å². The van der Waals surface area contributed by atoms with Gasteiger partial charge in [0.25, 0.3) is 0 Å². The van der Waals surface area contributed by atoms with E-state index in [4.69, 9.17) is 16.6 Å². The number of aliphatic hydroxyl groups excluding tert-OH is 1. The van der Waals surface area contributed by atoms with Gasteiger partial charge in [0.05, 0.1) is 6.04 Å². The number of carbonyl (C=O) groups excluding carboxylic acids is 1. The molecule has 0 spiro atoms. The van der Waals surface area contributed by atoms with Crippen LogP contribution in [0.5, 0.6) is 0 Å². The molecule has 0 saturated heterocycles. The minimum atomic E-state index is -0.694. The molecular weight excluding hydrogens is 108 g/mol. The van der Waals surface area contributed by atoms with E-state index in [1.807, 2.05) is 0 Å². The third-order valence-electron chi connectivity index (χ3n) is 0.806. The van der Waals surface area contributed by atoms with Gasteiger partial charge in [-0.05, 0) is 6.42 Å². The maximum atomic E-state index is 10.1. The molecule has 0 radical (unpaired) electrons. The highest BCUT2D eigenvalue weighted by Crippen LogP contribution is 1.81. The summed E-state index contributed by atoms with van der Waals surface area (Å²) in [5.41, 5.74) is 9.84. The van der Waals surface area contributed by atoms with Crippen molar-refractivity contribution in [2.75, 3.05) is 6.61 Å². The molecule has 0 aromatic carbocycles. The molecule has 1 atom stereocenters. The molecule has 0 saturated carbocycles. The molecular formula is C4H10N2O2. The number of amides is 1. The van der Waals surface area contributed by atoms with E-state index in [0.29, 0.717) is 0 Å². The fraction of sp³-hybridized carbons (Fsp3) is 0.750. The van der Waals surface area contributed by atoms with Gasteiger partial charge in [-0.25, -0.2) is 0 Å². The summed E-state index contributed by atoms with van der Waals surface area (Å²) in [6.45, 7) is -0.0931. The van der Waals surface area contributed by atoms with Gasteiger partial charge in [0.15, 0.2) is 0 Å². The predicted molar refractivity (Wildman–Crippen MR) is 28.9 cm³/mol. The Kier molecular flexibility index (Phi) is 3.14. The second-order valence-electron chi connectivity index (χ2n) is 1.52. The third-order valence-corrected chi connectivity index (χ3v) is 0.806. The number of rotatable bonds is 3. The van der Waals surface area contributed by atoms with Crippen molar-refractivity contribution in [3.63, 3.8) is 0 Å². The number of carbonyl (C=O) groups is 1. The second kappa shape index (κ2) is 3.40. The minimum Gasteiger partial charge on any atom is -0.396 e. The van der Waals surface area contributed by atoms with Gasteiger partial charge in [0.1, 0.15) is 0 Å². The highest BCUT2D eigenvalue weighted by atomic mass is 16.3. The van der Waals surface area contributed by atoms with Crippen LogP contribution < -0.4 is 11.5 Å². The summed E-state index contributed by atoms with van der Waals surface area (Å²) in [7, 11) is 0. The minimum absolute atomic E-state index is 0.0931. The van der Waals surface area contributed by atoms with Crippen molar-refractivity contribution in [1.82, 2.24) is 0 Å².